The van der Waals surface area contributed by atoms with E-state index >= 15 is 0 Å². The average molecular weight is 401 g/mol. The number of β-amino-alcohol motifs (C(OH)–C–C–N with tert-alkyl or cyclic N) is 1. The highest BCUT2D eigenvalue weighted by atomic mass is 16.5. The molecule has 1 heterocycles. The van der Waals surface area contributed by atoms with Gasteiger partial charge in [-0.15, -0.1) is 0 Å². The fraction of sp³-hybridized carbons (Fsp3) is 0.478. The fourth-order valence-corrected chi connectivity index (χ4v) is 3.42. The van der Waals surface area contributed by atoms with E-state index in [2.05, 4.69) is 10.2 Å². The Bertz CT molecular complexity index is 720. The third-order valence-electron chi connectivity index (χ3n) is 4.98. The van der Waals surface area contributed by atoms with E-state index in [0.717, 1.165) is 42.4 Å². The van der Waals surface area contributed by atoms with Gasteiger partial charge in [0.25, 0.3) is 0 Å². The first kappa shape index (κ1) is 21.4. The van der Waals surface area contributed by atoms with Crippen molar-refractivity contribution in [1.29, 1.82) is 0 Å². The summed E-state index contributed by atoms with van der Waals surface area (Å²) in [5.41, 5.74) is 1.03. The molecule has 6 nitrogen and oxygen atoms in total. The minimum absolute atomic E-state index is 0.272. The molecule has 0 unspecified atom stereocenters. The molecule has 0 radical (unpaired) electrons. The van der Waals surface area contributed by atoms with Gasteiger partial charge in [0.05, 0.1) is 7.11 Å². The third-order valence-corrected chi connectivity index (χ3v) is 4.98. The van der Waals surface area contributed by atoms with Crippen molar-refractivity contribution < 1.29 is 19.3 Å². The number of nitrogens with one attached hydrogen (secondary N) is 1. The summed E-state index contributed by atoms with van der Waals surface area (Å²) in [6, 6.07) is 15.6. The molecule has 0 saturated carbocycles. The second-order valence-corrected chi connectivity index (χ2v) is 7.28. The summed E-state index contributed by atoms with van der Waals surface area (Å²) in [4.78, 5) is 2.29. The van der Waals surface area contributed by atoms with Gasteiger partial charge in [-0.3, -0.25) is 0 Å². The Morgan fingerprint density at radius 3 is 2.59 bits per heavy atom. The smallest absolute Gasteiger partial charge is 0.127 e. The number of aliphatic hydroxyl groups excluding tert-OH is 1. The number of rotatable bonds is 12. The molecule has 29 heavy (non-hydrogen) atoms. The Hall–Kier alpha value is -2.28. The minimum Gasteiger partial charge on any atom is -0.497 e. The lowest BCUT2D eigenvalue weighted by molar-refractivity contribution is 0.0753. The predicted molar refractivity (Wildman–Crippen MR) is 114 cm³/mol. The molecular weight excluding hydrogens is 368 g/mol. The van der Waals surface area contributed by atoms with Crippen LogP contribution in [-0.2, 0) is 6.54 Å². The molecule has 1 atom stereocenters. The molecule has 2 N–H and O–H groups in total. The molecule has 1 fully saturated rings. The second kappa shape index (κ2) is 11.7. The number of benzene rings is 2. The number of nitrogens with zero attached hydrogens (tertiary/aromatic N) is 1. The number of methoxy groups -OCH3 is 1. The number of likely N-dealkylation sites (tertiary alicyclic amines) is 1. The molecule has 1 aliphatic heterocycles. The van der Waals surface area contributed by atoms with E-state index in [1.54, 1.807) is 7.11 Å². The van der Waals surface area contributed by atoms with E-state index in [-0.39, 0.29) is 6.61 Å². The molecule has 0 aliphatic carbocycles. The van der Waals surface area contributed by atoms with Crippen LogP contribution in [0.1, 0.15) is 18.4 Å². The average Bonchev–Trinajstić information content (AvgIpc) is 3.26. The van der Waals surface area contributed by atoms with Crippen LogP contribution in [0, 0.1) is 0 Å². The quantitative estimate of drug-likeness (QED) is 0.534. The summed E-state index contributed by atoms with van der Waals surface area (Å²) < 4.78 is 17.0. The van der Waals surface area contributed by atoms with Crippen molar-refractivity contribution in [3.05, 3.63) is 54.1 Å². The lowest BCUT2D eigenvalue weighted by atomic mass is 10.2. The van der Waals surface area contributed by atoms with Gasteiger partial charge < -0.3 is 29.5 Å². The van der Waals surface area contributed by atoms with Gasteiger partial charge in [-0.1, -0.05) is 24.3 Å². The number of ether oxygens (including phenoxy) is 3. The van der Waals surface area contributed by atoms with Crippen molar-refractivity contribution in [2.75, 3.05) is 46.5 Å². The Morgan fingerprint density at radius 2 is 1.83 bits per heavy atom. The molecule has 6 heteroatoms. The standard InChI is InChI=1S/C23H32N2O4/c1-27-22-10-9-19(16-24-11-14-28-21-7-3-2-4-8-21)23(15-22)29-18-20(26)17-25-12-5-6-13-25/h2-4,7-10,15,20,24,26H,5-6,11-14,16-18H2,1H3/t20-/m0/s1. The molecule has 2 aromatic rings. The number of hydrogen-bond donors (Lipinski definition) is 2. The summed E-state index contributed by atoms with van der Waals surface area (Å²) in [5.74, 6) is 2.35. The van der Waals surface area contributed by atoms with E-state index in [1.165, 1.54) is 12.8 Å². The van der Waals surface area contributed by atoms with Gasteiger partial charge in [0, 0.05) is 31.3 Å². The zero-order chi connectivity index (χ0) is 20.3. The summed E-state index contributed by atoms with van der Waals surface area (Å²) in [6.45, 7) is 5.03. The van der Waals surface area contributed by atoms with E-state index in [1.807, 2.05) is 48.5 Å². The van der Waals surface area contributed by atoms with Gasteiger partial charge in [0.15, 0.2) is 0 Å². The molecule has 0 bridgehead atoms. The van der Waals surface area contributed by atoms with Crippen molar-refractivity contribution in [1.82, 2.24) is 10.2 Å². The van der Waals surface area contributed by atoms with E-state index in [9.17, 15) is 5.11 Å². The second-order valence-electron chi connectivity index (χ2n) is 7.28. The van der Waals surface area contributed by atoms with Gasteiger partial charge in [-0.25, -0.2) is 0 Å². The van der Waals surface area contributed by atoms with Crippen LogP contribution in [0.4, 0.5) is 0 Å². The lowest BCUT2D eigenvalue weighted by Gasteiger charge is -2.20. The van der Waals surface area contributed by atoms with Crippen LogP contribution in [-0.4, -0.2) is 62.6 Å². The van der Waals surface area contributed by atoms with E-state index < -0.39 is 6.10 Å². The number of hydrogen-bond acceptors (Lipinski definition) is 6. The first-order valence-corrected chi connectivity index (χ1v) is 10.3. The Labute approximate surface area is 173 Å². The highest BCUT2D eigenvalue weighted by Crippen LogP contribution is 2.25. The Morgan fingerprint density at radius 1 is 1.03 bits per heavy atom. The van der Waals surface area contributed by atoms with E-state index in [0.29, 0.717) is 19.7 Å². The normalized spacial score (nSPS) is 15.2. The van der Waals surface area contributed by atoms with Crippen LogP contribution in [0.3, 0.4) is 0 Å². The highest BCUT2D eigenvalue weighted by molar-refractivity contribution is 5.40. The Balaban J connectivity index is 1.45. The van der Waals surface area contributed by atoms with Crippen molar-refractivity contribution in [2.24, 2.45) is 0 Å². The third kappa shape index (κ3) is 7.24. The molecule has 0 spiro atoms. The zero-order valence-corrected chi connectivity index (χ0v) is 17.2. The van der Waals surface area contributed by atoms with Crippen LogP contribution >= 0.6 is 0 Å². The van der Waals surface area contributed by atoms with Gasteiger partial charge in [0.1, 0.15) is 36.6 Å². The van der Waals surface area contributed by atoms with Crippen LogP contribution in [0.2, 0.25) is 0 Å². The Kier molecular flexibility index (Phi) is 8.61. The van der Waals surface area contributed by atoms with Crippen LogP contribution < -0.4 is 19.5 Å². The highest BCUT2D eigenvalue weighted by Gasteiger charge is 2.17. The van der Waals surface area contributed by atoms with Crippen LogP contribution in [0.5, 0.6) is 17.2 Å². The van der Waals surface area contributed by atoms with Crippen molar-refractivity contribution >= 4 is 0 Å². The molecule has 0 amide bonds. The number of aliphatic hydroxyl groups is 1. The fourth-order valence-electron chi connectivity index (χ4n) is 3.42. The van der Waals surface area contributed by atoms with Gasteiger partial charge in [-0.05, 0) is 44.1 Å². The number of para-hydroxylation sites is 1. The molecule has 2 aromatic carbocycles. The van der Waals surface area contributed by atoms with Crippen molar-refractivity contribution in [3.63, 3.8) is 0 Å². The monoisotopic (exact) mass is 400 g/mol. The topological polar surface area (TPSA) is 63.2 Å². The molecule has 158 valence electrons. The largest absolute Gasteiger partial charge is 0.497 e. The van der Waals surface area contributed by atoms with Crippen molar-refractivity contribution in [2.45, 2.75) is 25.5 Å². The lowest BCUT2D eigenvalue weighted by Crippen LogP contribution is -2.33. The maximum Gasteiger partial charge on any atom is 0.127 e. The summed E-state index contributed by atoms with van der Waals surface area (Å²) in [6.07, 6.45) is 1.93. The molecular formula is C23H32N2O4. The maximum atomic E-state index is 10.3. The first-order chi connectivity index (χ1) is 14.2. The van der Waals surface area contributed by atoms with Crippen LogP contribution in [0.25, 0.3) is 0 Å². The predicted octanol–water partition coefficient (Wildman–Crippen LogP) is 2.70. The molecule has 0 aromatic heterocycles. The van der Waals surface area contributed by atoms with E-state index in [4.69, 9.17) is 14.2 Å². The molecule has 1 saturated heterocycles. The summed E-state index contributed by atoms with van der Waals surface area (Å²) in [5, 5.41) is 13.7. The van der Waals surface area contributed by atoms with Crippen molar-refractivity contribution in [3.8, 4) is 17.2 Å². The van der Waals surface area contributed by atoms with Gasteiger partial charge >= 0.3 is 0 Å². The summed E-state index contributed by atoms with van der Waals surface area (Å²) >= 11 is 0. The van der Waals surface area contributed by atoms with Gasteiger partial charge in [-0.2, -0.15) is 0 Å². The molecule has 3 rings (SSSR count). The maximum absolute atomic E-state index is 10.3. The van der Waals surface area contributed by atoms with Gasteiger partial charge in [0.2, 0.25) is 0 Å². The van der Waals surface area contributed by atoms with Crippen LogP contribution in [0.15, 0.2) is 48.5 Å². The molecule has 1 aliphatic rings. The summed E-state index contributed by atoms with van der Waals surface area (Å²) in [7, 11) is 1.64. The zero-order valence-electron chi connectivity index (χ0n) is 17.2. The minimum atomic E-state index is -0.501. The first-order valence-electron chi connectivity index (χ1n) is 10.3. The SMILES string of the molecule is COc1ccc(CNCCOc2ccccc2)c(OC[C@@H](O)CN2CCCC2)c1.